The predicted molar refractivity (Wildman–Crippen MR) is 88.8 cm³/mol. The summed E-state index contributed by atoms with van der Waals surface area (Å²) in [4.78, 5) is 16.9. The first-order valence-corrected chi connectivity index (χ1v) is 8.07. The van der Waals surface area contributed by atoms with E-state index < -0.39 is 5.41 Å². The molecule has 1 aromatic heterocycles. The van der Waals surface area contributed by atoms with Crippen molar-refractivity contribution in [1.29, 1.82) is 0 Å². The van der Waals surface area contributed by atoms with Gasteiger partial charge in [0.2, 0.25) is 5.91 Å². The van der Waals surface area contributed by atoms with Gasteiger partial charge >= 0.3 is 0 Å². The van der Waals surface area contributed by atoms with Crippen LogP contribution in [-0.2, 0) is 11.2 Å². The maximum Gasteiger partial charge on any atom is 0.232 e. The van der Waals surface area contributed by atoms with Gasteiger partial charge in [0.15, 0.2) is 5.13 Å². The summed E-state index contributed by atoms with van der Waals surface area (Å²) in [5.41, 5.74) is 1.72. The number of benzene rings is 1. The number of carbonyl (C=O) groups excluding carboxylic acids is 1. The molecule has 0 saturated heterocycles. The van der Waals surface area contributed by atoms with Gasteiger partial charge in [0.1, 0.15) is 0 Å². The molecule has 0 fully saturated rings. The molecule has 3 nitrogen and oxygen atoms in total. The topological polar surface area (TPSA) is 42.0 Å². The zero-order chi connectivity index (χ0) is 15.5. The number of thiazole rings is 1. The lowest BCUT2D eigenvalue weighted by atomic mass is 9.85. The van der Waals surface area contributed by atoms with E-state index in [1.807, 2.05) is 37.4 Å². The van der Waals surface area contributed by atoms with E-state index in [1.54, 1.807) is 0 Å². The van der Waals surface area contributed by atoms with E-state index in [1.165, 1.54) is 16.9 Å². The van der Waals surface area contributed by atoms with Crippen LogP contribution in [0, 0.1) is 5.41 Å². The molecule has 2 rings (SSSR count). The second-order valence-corrected chi connectivity index (χ2v) is 7.09. The van der Waals surface area contributed by atoms with Gasteiger partial charge in [-0.25, -0.2) is 4.98 Å². The van der Waals surface area contributed by atoms with Crippen LogP contribution in [-0.4, -0.2) is 10.9 Å². The van der Waals surface area contributed by atoms with E-state index in [0.717, 1.165) is 5.69 Å². The normalized spacial score (nSPS) is 11.7. The van der Waals surface area contributed by atoms with Crippen molar-refractivity contribution in [2.24, 2.45) is 5.41 Å². The van der Waals surface area contributed by atoms with Gasteiger partial charge < -0.3 is 5.32 Å². The quantitative estimate of drug-likeness (QED) is 0.885. The van der Waals surface area contributed by atoms with Crippen molar-refractivity contribution in [1.82, 2.24) is 4.98 Å². The first kappa shape index (κ1) is 15.7. The average molecular weight is 302 g/mol. The van der Waals surface area contributed by atoms with Gasteiger partial charge in [-0.3, -0.25) is 4.79 Å². The van der Waals surface area contributed by atoms with E-state index >= 15 is 0 Å². The Bertz CT molecular complexity index is 602. The first-order chi connectivity index (χ1) is 9.88. The third kappa shape index (κ3) is 4.14. The molecular formula is C17H22N2OS. The van der Waals surface area contributed by atoms with Crippen LogP contribution in [0.15, 0.2) is 35.7 Å². The van der Waals surface area contributed by atoms with E-state index in [4.69, 9.17) is 0 Å². The van der Waals surface area contributed by atoms with Crippen LogP contribution >= 0.6 is 11.3 Å². The van der Waals surface area contributed by atoms with Crippen LogP contribution in [0.4, 0.5) is 5.13 Å². The zero-order valence-corrected chi connectivity index (χ0v) is 13.8. The minimum absolute atomic E-state index is 0.0102. The summed E-state index contributed by atoms with van der Waals surface area (Å²) in [6.45, 7) is 8.12. The molecule has 0 radical (unpaired) electrons. The van der Waals surface area contributed by atoms with Gasteiger partial charge in [0, 0.05) is 10.8 Å². The second kappa shape index (κ2) is 6.39. The van der Waals surface area contributed by atoms with Crippen molar-refractivity contribution in [2.75, 3.05) is 5.32 Å². The van der Waals surface area contributed by atoms with Gasteiger partial charge in [0.25, 0.3) is 0 Å². The summed E-state index contributed by atoms with van der Waals surface area (Å²) in [6, 6.07) is 10.1. The Hall–Kier alpha value is -1.68. The predicted octanol–water partition coefficient (Wildman–Crippen LogP) is 4.47. The number of amides is 1. The summed E-state index contributed by atoms with van der Waals surface area (Å²) in [7, 11) is 0. The molecule has 1 aromatic carbocycles. The Balaban J connectivity index is 2.03. The molecule has 4 heteroatoms. The highest BCUT2D eigenvalue weighted by atomic mass is 32.1. The Labute approximate surface area is 130 Å². The van der Waals surface area contributed by atoms with Crippen molar-refractivity contribution in [3.05, 3.63) is 47.0 Å². The third-order valence-electron chi connectivity index (χ3n) is 3.44. The molecule has 0 aliphatic rings. The monoisotopic (exact) mass is 302 g/mol. The molecule has 2 aromatic rings. The Kier molecular flexibility index (Phi) is 4.78. The molecule has 0 spiro atoms. The molecule has 0 unspecified atom stereocenters. The molecular weight excluding hydrogens is 280 g/mol. The van der Waals surface area contributed by atoms with Crippen LogP contribution < -0.4 is 5.32 Å². The van der Waals surface area contributed by atoms with Crippen LogP contribution in [0.2, 0.25) is 0 Å². The fraction of sp³-hybridized carbons (Fsp3) is 0.412. The number of hydrogen-bond donors (Lipinski definition) is 1. The Morgan fingerprint density at radius 3 is 2.52 bits per heavy atom. The van der Waals surface area contributed by atoms with Crippen LogP contribution in [0.3, 0.4) is 0 Å². The minimum atomic E-state index is -0.467. The molecule has 0 saturated carbocycles. The van der Waals surface area contributed by atoms with E-state index in [-0.39, 0.29) is 5.91 Å². The molecule has 1 amide bonds. The first-order valence-electron chi connectivity index (χ1n) is 7.19. The van der Waals surface area contributed by atoms with Crippen LogP contribution in [0.5, 0.6) is 0 Å². The largest absolute Gasteiger partial charge is 0.301 e. The molecule has 0 aliphatic heterocycles. The van der Waals surface area contributed by atoms with Gasteiger partial charge in [-0.05, 0) is 17.9 Å². The number of carbonyl (C=O) groups is 1. The lowest BCUT2D eigenvalue weighted by Crippen LogP contribution is -2.32. The fourth-order valence-corrected chi connectivity index (χ4v) is 2.93. The molecule has 1 N–H and O–H groups in total. The summed E-state index contributed by atoms with van der Waals surface area (Å²) in [5, 5.41) is 5.64. The highest BCUT2D eigenvalue weighted by Gasteiger charge is 2.28. The maximum absolute atomic E-state index is 12.5. The van der Waals surface area contributed by atoms with Crippen molar-refractivity contribution >= 4 is 22.4 Å². The molecule has 21 heavy (non-hydrogen) atoms. The minimum Gasteiger partial charge on any atom is -0.301 e. The number of rotatable bonds is 5. The average Bonchev–Trinajstić information content (AvgIpc) is 2.88. The van der Waals surface area contributed by atoms with Crippen molar-refractivity contribution < 1.29 is 4.79 Å². The fourth-order valence-electron chi connectivity index (χ4n) is 2.06. The summed E-state index contributed by atoms with van der Waals surface area (Å²) in [5.74, 6) is 0.389. The van der Waals surface area contributed by atoms with Gasteiger partial charge in [-0.15, -0.1) is 11.3 Å². The number of aromatic nitrogens is 1. The third-order valence-corrected chi connectivity index (χ3v) is 4.21. The van der Waals surface area contributed by atoms with E-state index in [0.29, 0.717) is 17.5 Å². The lowest BCUT2D eigenvalue weighted by molar-refractivity contribution is -0.123. The Morgan fingerprint density at radius 1 is 1.29 bits per heavy atom. The van der Waals surface area contributed by atoms with Crippen molar-refractivity contribution in [3.63, 3.8) is 0 Å². The number of hydrogen-bond acceptors (Lipinski definition) is 3. The van der Waals surface area contributed by atoms with Crippen LogP contribution in [0.1, 0.15) is 44.9 Å². The molecule has 0 atom stereocenters. The smallest absolute Gasteiger partial charge is 0.232 e. The molecule has 0 aliphatic carbocycles. The molecule has 1 heterocycles. The number of anilines is 1. The summed E-state index contributed by atoms with van der Waals surface area (Å²) < 4.78 is 0. The van der Waals surface area contributed by atoms with E-state index in [2.05, 4.69) is 36.3 Å². The van der Waals surface area contributed by atoms with E-state index in [9.17, 15) is 4.79 Å². The van der Waals surface area contributed by atoms with Crippen LogP contribution in [0.25, 0.3) is 0 Å². The Morgan fingerprint density at radius 2 is 1.95 bits per heavy atom. The highest BCUT2D eigenvalue weighted by molar-refractivity contribution is 7.13. The SMILES string of the molecule is CC(C)c1csc(NC(=O)C(C)(C)Cc2ccccc2)n1. The zero-order valence-electron chi connectivity index (χ0n) is 13.0. The second-order valence-electron chi connectivity index (χ2n) is 6.23. The standard InChI is InChI=1S/C17H22N2OS/c1-12(2)14-11-21-16(18-14)19-15(20)17(3,4)10-13-8-6-5-7-9-13/h5-9,11-12H,10H2,1-4H3,(H,18,19,20). The van der Waals surface area contributed by atoms with Crippen molar-refractivity contribution in [2.45, 2.75) is 40.0 Å². The number of nitrogens with one attached hydrogen (secondary N) is 1. The molecule has 0 bridgehead atoms. The molecule has 112 valence electrons. The highest BCUT2D eigenvalue weighted by Crippen LogP contribution is 2.26. The summed E-state index contributed by atoms with van der Waals surface area (Å²) >= 11 is 1.49. The number of nitrogens with zero attached hydrogens (tertiary/aromatic N) is 1. The lowest BCUT2D eigenvalue weighted by Gasteiger charge is -2.23. The van der Waals surface area contributed by atoms with Gasteiger partial charge in [0.05, 0.1) is 5.69 Å². The van der Waals surface area contributed by atoms with Crippen molar-refractivity contribution in [3.8, 4) is 0 Å². The van der Waals surface area contributed by atoms with Gasteiger partial charge in [-0.2, -0.15) is 0 Å². The van der Waals surface area contributed by atoms with Gasteiger partial charge in [-0.1, -0.05) is 58.0 Å². The summed E-state index contributed by atoms with van der Waals surface area (Å²) in [6.07, 6.45) is 0.710. The maximum atomic E-state index is 12.5.